The van der Waals surface area contributed by atoms with Crippen molar-refractivity contribution in [3.63, 3.8) is 0 Å². The zero-order valence-corrected chi connectivity index (χ0v) is 13.7. The van der Waals surface area contributed by atoms with E-state index < -0.39 is 0 Å². The highest BCUT2D eigenvalue weighted by Crippen LogP contribution is 2.18. The molecule has 0 radical (unpaired) electrons. The first kappa shape index (κ1) is 16.7. The van der Waals surface area contributed by atoms with Crippen LogP contribution < -0.4 is 10.6 Å². The third kappa shape index (κ3) is 4.21. The Morgan fingerprint density at radius 3 is 2.32 bits per heavy atom. The number of pyridine rings is 1. The molecule has 0 atom stereocenters. The Kier molecular flexibility index (Phi) is 5.05. The Bertz CT molecular complexity index is 818. The summed E-state index contributed by atoms with van der Waals surface area (Å²) >= 11 is 0. The molecule has 1 fully saturated rings. The highest BCUT2D eigenvalue weighted by Gasteiger charge is 2.19. The molecule has 2 N–H and O–H groups in total. The maximum absolute atomic E-state index is 12.3. The van der Waals surface area contributed by atoms with Crippen LogP contribution in [-0.4, -0.2) is 22.8 Å². The second-order valence-electron chi connectivity index (χ2n) is 6.06. The molecular formula is C19H18N4O2. The first-order valence-electron chi connectivity index (χ1n) is 8.23. The lowest BCUT2D eigenvalue weighted by Crippen LogP contribution is -2.32. The Morgan fingerprint density at radius 2 is 1.68 bits per heavy atom. The van der Waals surface area contributed by atoms with Gasteiger partial charge in [0.05, 0.1) is 22.8 Å². The first-order valence-corrected chi connectivity index (χ1v) is 8.23. The molecule has 3 rings (SSSR count). The van der Waals surface area contributed by atoms with Crippen LogP contribution in [0.15, 0.2) is 42.7 Å². The number of hydrogen-bond donors (Lipinski definition) is 2. The van der Waals surface area contributed by atoms with E-state index in [4.69, 9.17) is 5.26 Å². The van der Waals surface area contributed by atoms with E-state index in [0.29, 0.717) is 22.4 Å². The van der Waals surface area contributed by atoms with Gasteiger partial charge in [0.25, 0.3) is 11.8 Å². The fourth-order valence-corrected chi connectivity index (χ4v) is 2.86. The molecule has 1 heterocycles. The van der Waals surface area contributed by atoms with Crippen molar-refractivity contribution in [3.05, 3.63) is 59.4 Å². The lowest BCUT2D eigenvalue weighted by molar-refractivity contribution is 0.0937. The van der Waals surface area contributed by atoms with Crippen molar-refractivity contribution in [3.8, 4) is 6.07 Å². The van der Waals surface area contributed by atoms with Crippen LogP contribution in [-0.2, 0) is 0 Å². The number of rotatable bonds is 4. The van der Waals surface area contributed by atoms with E-state index in [9.17, 15) is 9.59 Å². The average molecular weight is 334 g/mol. The Labute approximate surface area is 145 Å². The maximum atomic E-state index is 12.3. The monoisotopic (exact) mass is 334 g/mol. The fraction of sp³-hybridized carbons (Fsp3) is 0.263. The van der Waals surface area contributed by atoms with Gasteiger partial charge >= 0.3 is 0 Å². The van der Waals surface area contributed by atoms with Crippen molar-refractivity contribution in [2.75, 3.05) is 5.32 Å². The second-order valence-corrected chi connectivity index (χ2v) is 6.06. The number of anilines is 1. The molecule has 1 aromatic heterocycles. The lowest BCUT2D eigenvalue weighted by Gasteiger charge is -2.12. The summed E-state index contributed by atoms with van der Waals surface area (Å²) in [7, 11) is 0. The molecule has 25 heavy (non-hydrogen) atoms. The van der Waals surface area contributed by atoms with Crippen LogP contribution in [0.2, 0.25) is 0 Å². The van der Waals surface area contributed by atoms with Gasteiger partial charge in [0.15, 0.2) is 0 Å². The summed E-state index contributed by atoms with van der Waals surface area (Å²) in [5, 5.41) is 14.5. The van der Waals surface area contributed by atoms with E-state index in [2.05, 4.69) is 15.6 Å². The van der Waals surface area contributed by atoms with Crippen LogP contribution in [0, 0.1) is 11.3 Å². The van der Waals surface area contributed by atoms with E-state index in [0.717, 1.165) is 25.7 Å². The van der Waals surface area contributed by atoms with E-state index in [-0.39, 0.29) is 17.9 Å². The van der Waals surface area contributed by atoms with Crippen molar-refractivity contribution in [1.82, 2.24) is 10.3 Å². The summed E-state index contributed by atoms with van der Waals surface area (Å²) in [6, 6.07) is 10.3. The SMILES string of the molecule is N#Cc1ccc(NC(=O)c2cncc(C(=O)NC3CCCC3)c2)cc1. The number of carbonyl (C=O) groups excluding carboxylic acids is 2. The number of benzene rings is 1. The number of nitriles is 1. The molecule has 0 saturated heterocycles. The smallest absolute Gasteiger partial charge is 0.257 e. The van der Waals surface area contributed by atoms with Crippen LogP contribution in [0.5, 0.6) is 0 Å². The average Bonchev–Trinajstić information content (AvgIpc) is 3.15. The molecule has 126 valence electrons. The maximum Gasteiger partial charge on any atom is 0.257 e. The van der Waals surface area contributed by atoms with E-state index in [1.54, 1.807) is 24.3 Å². The molecule has 2 aromatic rings. The van der Waals surface area contributed by atoms with E-state index in [1.165, 1.54) is 18.5 Å². The Morgan fingerprint density at radius 1 is 1.04 bits per heavy atom. The number of nitrogens with zero attached hydrogens (tertiary/aromatic N) is 2. The van der Waals surface area contributed by atoms with Crippen LogP contribution in [0.4, 0.5) is 5.69 Å². The molecule has 6 nitrogen and oxygen atoms in total. The molecule has 1 aliphatic rings. The molecule has 0 aliphatic heterocycles. The minimum Gasteiger partial charge on any atom is -0.349 e. The van der Waals surface area contributed by atoms with Gasteiger partial charge in [-0.25, -0.2) is 0 Å². The minimum absolute atomic E-state index is 0.201. The normalized spacial score (nSPS) is 13.9. The molecule has 0 unspecified atom stereocenters. The number of carbonyl (C=O) groups is 2. The molecule has 0 spiro atoms. The van der Waals surface area contributed by atoms with Crippen LogP contribution in [0.3, 0.4) is 0 Å². The predicted molar refractivity (Wildman–Crippen MR) is 93.1 cm³/mol. The van der Waals surface area contributed by atoms with Crippen molar-refractivity contribution in [2.24, 2.45) is 0 Å². The molecule has 2 amide bonds. The van der Waals surface area contributed by atoms with Gasteiger partial charge < -0.3 is 10.6 Å². The third-order valence-corrected chi connectivity index (χ3v) is 4.22. The van der Waals surface area contributed by atoms with Gasteiger partial charge in [-0.2, -0.15) is 5.26 Å². The van der Waals surface area contributed by atoms with E-state index in [1.807, 2.05) is 6.07 Å². The molecular weight excluding hydrogens is 316 g/mol. The predicted octanol–water partition coefficient (Wildman–Crippen LogP) is 2.88. The van der Waals surface area contributed by atoms with Gasteiger partial charge in [0, 0.05) is 24.1 Å². The van der Waals surface area contributed by atoms with Gasteiger partial charge in [-0.05, 0) is 43.2 Å². The van der Waals surface area contributed by atoms with Gasteiger partial charge in [0.2, 0.25) is 0 Å². The summed E-state index contributed by atoms with van der Waals surface area (Å²) in [5.74, 6) is -0.555. The zero-order chi connectivity index (χ0) is 17.6. The van der Waals surface area contributed by atoms with Crippen molar-refractivity contribution < 1.29 is 9.59 Å². The van der Waals surface area contributed by atoms with Crippen molar-refractivity contribution >= 4 is 17.5 Å². The molecule has 1 aliphatic carbocycles. The number of aromatic nitrogens is 1. The summed E-state index contributed by atoms with van der Waals surface area (Å²) in [5.41, 5.74) is 1.78. The van der Waals surface area contributed by atoms with Gasteiger partial charge in [-0.15, -0.1) is 0 Å². The fourth-order valence-electron chi connectivity index (χ4n) is 2.86. The van der Waals surface area contributed by atoms with Crippen molar-refractivity contribution in [2.45, 2.75) is 31.7 Å². The van der Waals surface area contributed by atoms with Gasteiger partial charge in [0.1, 0.15) is 0 Å². The Hall–Kier alpha value is -3.20. The quantitative estimate of drug-likeness (QED) is 0.899. The van der Waals surface area contributed by atoms with Gasteiger partial charge in [-0.3, -0.25) is 14.6 Å². The molecule has 0 bridgehead atoms. The number of hydrogen-bond acceptors (Lipinski definition) is 4. The summed E-state index contributed by atoms with van der Waals surface area (Å²) in [6.07, 6.45) is 7.15. The largest absolute Gasteiger partial charge is 0.349 e. The van der Waals surface area contributed by atoms with Crippen LogP contribution >= 0.6 is 0 Å². The highest BCUT2D eigenvalue weighted by atomic mass is 16.2. The van der Waals surface area contributed by atoms with Crippen molar-refractivity contribution in [1.29, 1.82) is 5.26 Å². The highest BCUT2D eigenvalue weighted by molar-refractivity contribution is 6.05. The van der Waals surface area contributed by atoms with E-state index >= 15 is 0 Å². The topological polar surface area (TPSA) is 94.9 Å². The Balaban J connectivity index is 1.68. The standard InChI is InChI=1S/C19H18N4O2/c20-10-13-5-7-17(8-6-13)23-19(25)15-9-14(11-21-12-15)18(24)22-16-3-1-2-4-16/h5-9,11-12,16H,1-4H2,(H,22,24)(H,23,25). The lowest BCUT2D eigenvalue weighted by atomic mass is 10.1. The molecule has 6 heteroatoms. The summed E-state index contributed by atoms with van der Waals surface area (Å²) < 4.78 is 0. The van der Waals surface area contributed by atoms with Crippen LogP contribution in [0.1, 0.15) is 52.0 Å². The third-order valence-electron chi connectivity index (χ3n) is 4.22. The first-order chi connectivity index (χ1) is 12.2. The van der Waals surface area contributed by atoms with Gasteiger partial charge in [-0.1, -0.05) is 12.8 Å². The molecule has 1 aromatic carbocycles. The minimum atomic E-state index is -0.354. The zero-order valence-electron chi connectivity index (χ0n) is 13.7. The van der Waals surface area contributed by atoms with Crippen LogP contribution in [0.25, 0.3) is 0 Å². The summed E-state index contributed by atoms with van der Waals surface area (Å²) in [4.78, 5) is 28.6. The number of amides is 2. The number of nitrogens with one attached hydrogen (secondary N) is 2. The second kappa shape index (κ2) is 7.58. The summed E-state index contributed by atoms with van der Waals surface area (Å²) in [6.45, 7) is 0. The molecule has 1 saturated carbocycles.